The lowest BCUT2D eigenvalue weighted by Gasteiger charge is -2.30. The van der Waals surface area contributed by atoms with Gasteiger partial charge in [0.15, 0.2) is 5.82 Å². The van der Waals surface area contributed by atoms with Gasteiger partial charge in [0, 0.05) is 32.7 Å². The van der Waals surface area contributed by atoms with E-state index < -0.39 is 0 Å². The van der Waals surface area contributed by atoms with Crippen molar-refractivity contribution in [1.29, 1.82) is 0 Å². The average Bonchev–Trinajstić information content (AvgIpc) is 2.97. The highest BCUT2D eigenvalue weighted by Crippen LogP contribution is 2.25. The van der Waals surface area contributed by atoms with E-state index in [2.05, 4.69) is 34.2 Å². The highest BCUT2D eigenvalue weighted by Gasteiger charge is 2.32. The summed E-state index contributed by atoms with van der Waals surface area (Å²) < 4.78 is 5.47. The lowest BCUT2D eigenvalue weighted by molar-refractivity contribution is 0.135. The van der Waals surface area contributed by atoms with Crippen molar-refractivity contribution in [3.63, 3.8) is 0 Å². The van der Waals surface area contributed by atoms with E-state index in [0.29, 0.717) is 30.7 Å². The van der Waals surface area contributed by atoms with Crippen LogP contribution in [0, 0.1) is 12.8 Å². The second-order valence-corrected chi connectivity index (χ2v) is 7.53. The van der Waals surface area contributed by atoms with Gasteiger partial charge in [-0.2, -0.15) is 4.98 Å². The maximum Gasteiger partial charge on any atom is 0.317 e. The van der Waals surface area contributed by atoms with Gasteiger partial charge in [-0.15, -0.1) is 0 Å². The van der Waals surface area contributed by atoms with Gasteiger partial charge in [0.2, 0.25) is 5.89 Å². The van der Waals surface area contributed by atoms with Crippen LogP contribution in [-0.4, -0.2) is 52.2 Å². The number of carbonyl (C=O) groups excluding carboxylic acids is 1. The summed E-state index contributed by atoms with van der Waals surface area (Å²) in [6.45, 7) is 9.86. The number of carbonyl (C=O) groups is 1. The first-order chi connectivity index (χ1) is 13.0. The van der Waals surface area contributed by atoms with E-state index in [1.165, 1.54) is 0 Å². The molecular weight excluding hydrogens is 342 g/mol. The largest absolute Gasteiger partial charge is 0.338 e. The van der Waals surface area contributed by atoms with Crippen molar-refractivity contribution in [3.8, 4) is 0 Å². The van der Waals surface area contributed by atoms with Crippen molar-refractivity contribution in [2.45, 2.75) is 39.8 Å². The van der Waals surface area contributed by atoms with E-state index in [9.17, 15) is 4.79 Å². The summed E-state index contributed by atoms with van der Waals surface area (Å²) in [6.07, 6.45) is 0.926. The minimum atomic E-state index is -0.0708. The first kappa shape index (κ1) is 19.4. The van der Waals surface area contributed by atoms with E-state index >= 15 is 0 Å². The van der Waals surface area contributed by atoms with Crippen LogP contribution >= 0.6 is 0 Å². The SMILES string of the molecule is Cc1noc(C2CN(C(=O)NCc3ccccc3)CCCN2CC(C)C)n1. The molecule has 7 heteroatoms. The van der Waals surface area contributed by atoms with Crippen molar-refractivity contribution >= 4 is 6.03 Å². The highest BCUT2D eigenvalue weighted by atomic mass is 16.5. The fourth-order valence-corrected chi connectivity index (χ4v) is 3.48. The van der Waals surface area contributed by atoms with Gasteiger partial charge >= 0.3 is 6.03 Å². The van der Waals surface area contributed by atoms with Crippen LogP contribution in [0.3, 0.4) is 0 Å². The number of amides is 2. The Balaban J connectivity index is 1.70. The van der Waals surface area contributed by atoms with Crippen LogP contribution in [0.15, 0.2) is 34.9 Å². The zero-order valence-electron chi connectivity index (χ0n) is 16.4. The third kappa shape index (κ3) is 5.29. The third-order valence-electron chi connectivity index (χ3n) is 4.71. The molecule has 1 aromatic carbocycles. The van der Waals surface area contributed by atoms with Gasteiger partial charge in [-0.3, -0.25) is 4.90 Å². The Hall–Kier alpha value is -2.41. The van der Waals surface area contributed by atoms with E-state index in [1.807, 2.05) is 42.2 Å². The van der Waals surface area contributed by atoms with Gasteiger partial charge in [-0.25, -0.2) is 4.79 Å². The quantitative estimate of drug-likeness (QED) is 0.874. The predicted molar refractivity (Wildman–Crippen MR) is 103 cm³/mol. The molecule has 0 bridgehead atoms. The summed E-state index contributed by atoms with van der Waals surface area (Å²) in [5, 5.41) is 6.98. The van der Waals surface area contributed by atoms with Gasteiger partial charge in [0.1, 0.15) is 6.04 Å². The first-order valence-electron chi connectivity index (χ1n) is 9.64. The zero-order chi connectivity index (χ0) is 19.2. The molecule has 0 saturated carbocycles. The number of aryl methyl sites for hydroxylation is 1. The number of nitrogens with one attached hydrogen (secondary N) is 1. The van der Waals surface area contributed by atoms with Crippen LogP contribution in [0.25, 0.3) is 0 Å². The second-order valence-electron chi connectivity index (χ2n) is 7.53. The smallest absolute Gasteiger partial charge is 0.317 e. The zero-order valence-corrected chi connectivity index (χ0v) is 16.4. The molecule has 1 aliphatic rings. The van der Waals surface area contributed by atoms with Crippen LogP contribution in [0.1, 0.15) is 43.6 Å². The van der Waals surface area contributed by atoms with Crippen molar-refractivity contribution in [1.82, 2.24) is 25.3 Å². The fourth-order valence-electron chi connectivity index (χ4n) is 3.48. The molecule has 1 atom stereocenters. The number of hydrogen-bond acceptors (Lipinski definition) is 5. The molecule has 3 rings (SSSR count). The molecular formula is C20H29N5O2. The van der Waals surface area contributed by atoms with Crippen LogP contribution in [0.4, 0.5) is 4.79 Å². The van der Waals surface area contributed by atoms with E-state index in [-0.39, 0.29) is 12.1 Å². The van der Waals surface area contributed by atoms with Crippen molar-refractivity contribution in [2.24, 2.45) is 5.92 Å². The molecule has 7 nitrogen and oxygen atoms in total. The van der Waals surface area contributed by atoms with E-state index in [4.69, 9.17) is 4.52 Å². The first-order valence-corrected chi connectivity index (χ1v) is 9.64. The number of benzene rings is 1. The normalized spacial score (nSPS) is 18.5. The van der Waals surface area contributed by atoms with E-state index in [1.54, 1.807) is 0 Å². The monoisotopic (exact) mass is 371 g/mol. The van der Waals surface area contributed by atoms with Crippen LogP contribution in [0.2, 0.25) is 0 Å². The number of hydrogen-bond donors (Lipinski definition) is 1. The highest BCUT2D eigenvalue weighted by molar-refractivity contribution is 5.74. The molecule has 1 saturated heterocycles. The number of rotatable bonds is 5. The van der Waals surface area contributed by atoms with Crippen molar-refractivity contribution < 1.29 is 9.32 Å². The molecule has 0 spiro atoms. The summed E-state index contributed by atoms with van der Waals surface area (Å²) in [5.41, 5.74) is 1.09. The Morgan fingerprint density at radius 2 is 2.07 bits per heavy atom. The molecule has 2 aromatic rings. The summed E-state index contributed by atoms with van der Waals surface area (Å²) in [7, 11) is 0. The van der Waals surface area contributed by atoms with Gasteiger partial charge in [-0.1, -0.05) is 49.3 Å². The molecule has 0 aliphatic carbocycles. The standard InChI is InChI=1S/C20H29N5O2/c1-15(2)13-24-10-7-11-25(14-18(24)19-22-16(3)23-27-19)20(26)21-12-17-8-5-4-6-9-17/h4-6,8-9,15,18H,7,10-14H2,1-3H3,(H,21,26). The molecule has 1 aromatic heterocycles. The predicted octanol–water partition coefficient (Wildman–Crippen LogP) is 2.99. The third-order valence-corrected chi connectivity index (χ3v) is 4.71. The summed E-state index contributed by atoms with van der Waals surface area (Å²) >= 11 is 0. The van der Waals surface area contributed by atoms with E-state index in [0.717, 1.165) is 31.6 Å². The van der Waals surface area contributed by atoms with Crippen molar-refractivity contribution in [2.75, 3.05) is 26.2 Å². The fraction of sp³-hybridized carbons (Fsp3) is 0.550. The molecule has 2 heterocycles. The van der Waals surface area contributed by atoms with Crippen LogP contribution in [-0.2, 0) is 6.54 Å². The minimum absolute atomic E-state index is 0.0495. The second kappa shape index (κ2) is 8.99. The summed E-state index contributed by atoms with van der Waals surface area (Å²) in [6, 6.07) is 9.83. The molecule has 1 unspecified atom stereocenters. The number of aromatic nitrogens is 2. The van der Waals surface area contributed by atoms with Gasteiger partial charge in [0.05, 0.1) is 0 Å². The van der Waals surface area contributed by atoms with Crippen LogP contribution < -0.4 is 5.32 Å². The Morgan fingerprint density at radius 3 is 2.74 bits per heavy atom. The number of urea groups is 1. The molecule has 1 aliphatic heterocycles. The molecule has 27 heavy (non-hydrogen) atoms. The topological polar surface area (TPSA) is 74.5 Å². The molecule has 1 fully saturated rings. The Kier molecular flexibility index (Phi) is 6.45. The molecule has 146 valence electrons. The molecule has 2 amide bonds. The summed E-state index contributed by atoms with van der Waals surface area (Å²) in [4.78, 5) is 21.4. The maximum atomic E-state index is 12.8. The van der Waals surface area contributed by atoms with Crippen LogP contribution in [0.5, 0.6) is 0 Å². The molecule has 0 radical (unpaired) electrons. The Morgan fingerprint density at radius 1 is 1.30 bits per heavy atom. The lowest BCUT2D eigenvalue weighted by Crippen LogP contribution is -2.43. The minimum Gasteiger partial charge on any atom is -0.338 e. The summed E-state index contributed by atoms with van der Waals surface area (Å²) in [5.74, 6) is 1.74. The van der Waals surface area contributed by atoms with Crippen molar-refractivity contribution in [3.05, 3.63) is 47.6 Å². The Labute approximate surface area is 160 Å². The lowest BCUT2D eigenvalue weighted by atomic mass is 10.1. The average molecular weight is 371 g/mol. The number of nitrogens with zero attached hydrogens (tertiary/aromatic N) is 4. The molecule has 1 N–H and O–H groups in total. The Bertz CT molecular complexity index is 731. The van der Waals surface area contributed by atoms with Gasteiger partial charge in [0.25, 0.3) is 0 Å². The maximum absolute atomic E-state index is 12.8. The van der Waals surface area contributed by atoms with Gasteiger partial charge < -0.3 is 14.7 Å². The van der Waals surface area contributed by atoms with Gasteiger partial charge in [-0.05, 0) is 24.8 Å².